The molecule has 1 heterocycles. The molecule has 2 heteroatoms. The summed E-state index contributed by atoms with van der Waals surface area (Å²) in [5.74, 6) is 0. The molecule has 0 aliphatic heterocycles. The van der Waals surface area contributed by atoms with Crippen LogP contribution in [-0.2, 0) is 5.41 Å². The third-order valence-electron chi connectivity index (χ3n) is 14.2. The zero-order valence-corrected chi connectivity index (χ0v) is 37.8. The van der Waals surface area contributed by atoms with Gasteiger partial charge in [-0.15, -0.1) is 0 Å². The molecule has 12 aromatic rings. The van der Waals surface area contributed by atoms with Gasteiger partial charge in [-0.05, 0) is 115 Å². The Morgan fingerprint density at radius 2 is 0.783 bits per heavy atom. The molecule has 2 nitrogen and oxygen atoms in total. The van der Waals surface area contributed by atoms with Crippen LogP contribution in [0.2, 0.25) is 0 Å². The van der Waals surface area contributed by atoms with Crippen molar-refractivity contribution in [2.45, 2.75) is 5.41 Å². The van der Waals surface area contributed by atoms with Crippen molar-refractivity contribution in [2.75, 3.05) is 4.90 Å². The van der Waals surface area contributed by atoms with Gasteiger partial charge >= 0.3 is 0 Å². The summed E-state index contributed by atoms with van der Waals surface area (Å²) in [7, 11) is 0. The lowest BCUT2D eigenvalue weighted by Crippen LogP contribution is -2.28. The van der Waals surface area contributed by atoms with Crippen LogP contribution in [0.4, 0.5) is 17.1 Å². The lowest BCUT2D eigenvalue weighted by atomic mass is 9.67. The maximum atomic E-state index is 6.47. The predicted octanol–water partition coefficient (Wildman–Crippen LogP) is 18.1. The van der Waals surface area contributed by atoms with Crippen molar-refractivity contribution in [3.05, 3.63) is 295 Å². The second kappa shape index (κ2) is 16.7. The van der Waals surface area contributed by atoms with Gasteiger partial charge in [-0.25, -0.2) is 0 Å². The second-order valence-corrected chi connectivity index (χ2v) is 17.9. The zero-order valence-electron chi connectivity index (χ0n) is 37.8. The van der Waals surface area contributed by atoms with Crippen LogP contribution in [0.15, 0.2) is 277 Å². The SMILES string of the molecule is c1ccc(-c2ccc(-c3cccc(N(c4cccc(-c5cccc6c5-c5ccccc5C6(c5ccccc5)c5ccccc5)c4)c4ccccc4-c4cccc5oc6ccccc6c45)c3)cc2)cc1. The third-order valence-corrected chi connectivity index (χ3v) is 14.2. The number of benzene rings is 11. The topological polar surface area (TPSA) is 16.4 Å². The minimum absolute atomic E-state index is 0.495. The Morgan fingerprint density at radius 1 is 0.304 bits per heavy atom. The van der Waals surface area contributed by atoms with Crippen LogP contribution in [-0.4, -0.2) is 0 Å². The molecule has 13 rings (SSSR count). The first kappa shape index (κ1) is 40.3. The lowest BCUT2D eigenvalue weighted by molar-refractivity contribution is 0.669. The average molecular weight is 880 g/mol. The van der Waals surface area contributed by atoms with Gasteiger partial charge in [0, 0.05) is 27.7 Å². The zero-order chi connectivity index (χ0) is 45.7. The molecular formula is C67H45NO. The second-order valence-electron chi connectivity index (χ2n) is 17.9. The van der Waals surface area contributed by atoms with Gasteiger partial charge in [0.25, 0.3) is 0 Å². The fourth-order valence-corrected chi connectivity index (χ4v) is 11.2. The van der Waals surface area contributed by atoms with E-state index >= 15 is 0 Å². The number of anilines is 3. The van der Waals surface area contributed by atoms with Gasteiger partial charge in [0.15, 0.2) is 0 Å². The highest BCUT2D eigenvalue weighted by Crippen LogP contribution is 2.58. The molecule has 0 bridgehead atoms. The maximum absolute atomic E-state index is 6.47. The van der Waals surface area contributed by atoms with Crippen LogP contribution in [0.3, 0.4) is 0 Å². The van der Waals surface area contributed by atoms with Crippen molar-refractivity contribution in [1.82, 2.24) is 0 Å². The monoisotopic (exact) mass is 879 g/mol. The number of rotatable bonds is 9. The summed E-state index contributed by atoms with van der Waals surface area (Å²) in [6.07, 6.45) is 0. The van der Waals surface area contributed by atoms with Crippen molar-refractivity contribution in [2.24, 2.45) is 0 Å². The first-order valence-electron chi connectivity index (χ1n) is 23.7. The Balaban J connectivity index is 1.02. The fourth-order valence-electron chi connectivity index (χ4n) is 11.2. The number of furan rings is 1. The minimum Gasteiger partial charge on any atom is -0.456 e. The normalized spacial score (nSPS) is 12.5. The van der Waals surface area contributed by atoms with Crippen molar-refractivity contribution in [1.29, 1.82) is 0 Å². The van der Waals surface area contributed by atoms with Crippen LogP contribution in [0.1, 0.15) is 22.3 Å². The van der Waals surface area contributed by atoms with E-state index in [1.165, 1.54) is 50.1 Å². The molecule has 0 saturated heterocycles. The molecule has 1 aromatic heterocycles. The fraction of sp³-hybridized carbons (Fsp3) is 0.0149. The number of hydrogen-bond acceptors (Lipinski definition) is 2. The van der Waals surface area contributed by atoms with Crippen molar-refractivity contribution >= 4 is 39.0 Å². The van der Waals surface area contributed by atoms with Crippen molar-refractivity contribution in [3.8, 4) is 55.6 Å². The molecule has 0 N–H and O–H groups in total. The average Bonchev–Trinajstić information content (AvgIpc) is 3.97. The molecule has 1 aliphatic carbocycles. The van der Waals surface area contributed by atoms with E-state index in [1.54, 1.807) is 0 Å². The molecule has 69 heavy (non-hydrogen) atoms. The van der Waals surface area contributed by atoms with Gasteiger partial charge in [0.2, 0.25) is 0 Å². The van der Waals surface area contributed by atoms with Gasteiger partial charge in [0.05, 0.1) is 11.1 Å². The smallest absolute Gasteiger partial charge is 0.136 e. The Bertz CT molecular complexity index is 3790. The van der Waals surface area contributed by atoms with E-state index in [0.717, 1.165) is 66.8 Å². The van der Waals surface area contributed by atoms with E-state index in [-0.39, 0.29) is 0 Å². The van der Waals surface area contributed by atoms with E-state index in [4.69, 9.17) is 4.42 Å². The molecule has 0 atom stereocenters. The Kier molecular flexibility index (Phi) is 9.77. The van der Waals surface area contributed by atoms with Crippen molar-refractivity contribution < 1.29 is 4.42 Å². The summed E-state index contributed by atoms with van der Waals surface area (Å²) in [5.41, 5.74) is 21.4. The molecule has 1 aliphatic rings. The molecule has 0 fully saturated rings. The molecule has 0 amide bonds. The first-order chi connectivity index (χ1) is 34.2. The van der Waals surface area contributed by atoms with Gasteiger partial charge in [0.1, 0.15) is 11.2 Å². The van der Waals surface area contributed by atoms with Crippen LogP contribution < -0.4 is 4.90 Å². The highest BCUT2D eigenvalue weighted by atomic mass is 16.3. The quantitative estimate of drug-likeness (QED) is 0.144. The summed E-state index contributed by atoms with van der Waals surface area (Å²) in [4.78, 5) is 2.44. The van der Waals surface area contributed by atoms with E-state index in [0.29, 0.717) is 0 Å². The maximum Gasteiger partial charge on any atom is 0.136 e. The summed E-state index contributed by atoms with van der Waals surface area (Å²) in [5, 5.41) is 2.22. The van der Waals surface area contributed by atoms with Gasteiger partial charge in [-0.2, -0.15) is 0 Å². The van der Waals surface area contributed by atoms with Crippen LogP contribution >= 0.6 is 0 Å². The minimum atomic E-state index is -0.495. The molecule has 0 radical (unpaired) electrons. The molecule has 11 aromatic carbocycles. The summed E-state index contributed by atoms with van der Waals surface area (Å²) in [6, 6.07) is 99.3. The summed E-state index contributed by atoms with van der Waals surface area (Å²) >= 11 is 0. The predicted molar refractivity (Wildman–Crippen MR) is 287 cm³/mol. The number of nitrogens with zero attached hydrogens (tertiary/aromatic N) is 1. The summed E-state index contributed by atoms with van der Waals surface area (Å²) in [6.45, 7) is 0. The number of fused-ring (bicyclic) bond motifs is 6. The van der Waals surface area contributed by atoms with Gasteiger partial charge < -0.3 is 9.32 Å². The van der Waals surface area contributed by atoms with Gasteiger partial charge in [-0.1, -0.05) is 231 Å². The molecule has 0 unspecified atom stereocenters. The van der Waals surface area contributed by atoms with E-state index in [2.05, 4.69) is 272 Å². The van der Waals surface area contributed by atoms with Crippen LogP contribution in [0.5, 0.6) is 0 Å². The van der Waals surface area contributed by atoms with Crippen LogP contribution in [0.25, 0.3) is 77.6 Å². The Labute approximate surface area is 402 Å². The van der Waals surface area contributed by atoms with Crippen molar-refractivity contribution in [3.63, 3.8) is 0 Å². The van der Waals surface area contributed by atoms with Crippen LogP contribution in [0, 0.1) is 0 Å². The highest BCUT2D eigenvalue weighted by Gasteiger charge is 2.46. The van der Waals surface area contributed by atoms with E-state index < -0.39 is 5.41 Å². The molecule has 0 spiro atoms. The lowest BCUT2D eigenvalue weighted by Gasteiger charge is -2.34. The van der Waals surface area contributed by atoms with E-state index in [9.17, 15) is 0 Å². The van der Waals surface area contributed by atoms with Gasteiger partial charge in [-0.3, -0.25) is 0 Å². The Hall–Kier alpha value is -8.98. The molecule has 324 valence electrons. The molecule has 0 saturated carbocycles. The number of hydrogen-bond donors (Lipinski definition) is 0. The summed E-state index contributed by atoms with van der Waals surface area (Å²) < 4.78 is 6.47. The standard InChI is InChI=1S/C67H45NO/c1-4-20-46(21-5-1)47-40-42-48(43-41-47)49-22-16-28-53(44-49)68(62-37-14-11-30-56(62)57-34-19-39-64-66(57)59-32-12-15-38-63(59)69-64)54-29-17-23-50(45-54)55-33-18-36-61-65(55)58-31-10-13-35-60(58)67(61,51-24-6-2-7-25-51)52-26-8-3-9-27-52/h1-45H. The third kappa shape index (κ3) is 6.64. The van der Waals surface area contributed by atoms with E-state index in [1.807, 2.05) is 6.07 Å². The molecular weight excluding hydrogens is 835 g/mol. The first-order valence-corrected chi connectivity index (χ1v) is 23.7. The highest BCUT2D eigenvalue weighted by molar-refractivity contribution is 6.14. The largest absolute Gasteiger partial charge is 0.456 e. The number of para-hydroxylation sites is 2. The Morgan fingerprint density at radius 3 is 1.52 bits per heavy atom.